The molecule has 7 nitrogen and oxygen atoms in total. The van der Waals surface area contributed by atoms with Gasteiger partial charge in [0.2, 0.25) is 10.0 Å². The molecule has 0 aromatic rings. The number of ether oxygens (including phenoxy) is 1. The summed E-state index contributed by atoms with van der Waals surface area (Å²) in [7, 11) is -2.93. The van der Waals surface area contributed by atoms with E-state index in [0.717, 1.165) is 7.11 Å². The van der Waals surface area contributed by atoms with Crippen LogP contribution in [0.3, 0.4) is 0 Å². The number of hydrogen-bond acceptors (Lipinski definition) is 6. The summed E-state index contributed by atoms with van der Waals surface area (Å²) in [6, 6.07) is 0. The highest BCUT2D eigenvalue weighted by Gasteiger charge is 2.45. The first-order chi connectivity index (χ1) is 7.81. The molecule has 0 amide bonds. The number of sulfonamides is 1. The minimum absolute atomic E-state index is 0.155. The lowest BCUT2D eigenvalue weighted by molar-refractivity contribution is -0.143. The third-order valence-corrected chi connectivity index (χ3v) is 4.82. The van der Waals surface area contributed by atoms with E-state index in [1.165, 1.54) is 11.8 Å². The van der Waals surface area contributed by atoms with Crippen molar-refractivity contribution in [3.05, 3.63) is 0 Å². The number of rotatable bonds is 5. The van der Waals surface area contributed by atoms with Gasteiger partial charge in [0.25, 0.3) is 0 Å². The maximum absolute atomic E-state index is 11.6. The van der Waals surface area contributed by atoms with Gasteiger partial charge in [-0.15, -0.1) is 0 Å². The first-order valence-electron chi connectivity index (χ1n) is 4.71. The number of esters is 1. The molecule has 1 saturated heterocycles. The largest absolute Gasteiger partial charge is 0.480 e. The van der Waals surface area contributed by atoms with Crippen LogP contribution in [0, 0.1) is 0 Å². The lowest BCUT2D eigenvalue weighted by Gasteiger charge is -2.23. The van der Waals surface area contributed by atoms with Crippen LogP contribution in [-0.4, -0.2) is 55.4 Å². The molecule has 1 atom stereocenters. The Hall–Kier alpha value is -0.800. The van der Waals surface area contributed by atoms with Gasteiger partial charge in [0.05, 0.1) is 7.11 Å². The molecular weight excluding hydrogens is 270 g/mol. The summed E-state index contributed by atoms with van der Waals surface area (Å²) in [5.74, 6) is -2.31. The molecule has 0 aromatic heterocycles. The van der Waals surface area contributed by atoms with Gasteiger partial charge in [0.1, 0.15) is 5.54 Å². The van der Waals surface area contributed by atoms with E-state index in [9.17, 15) is 18.0 Å². The van der Waals surface area contributed by atoms with Crippen LogP contribution in [0.25, 0.3) is 0 Å². The number of carbonyl (C=O) groups is 2. The highest BCUT2D eigenvalue weighted by Crippen LogP contribution is 2.29. The van der Waals surface area contributed by atoms with Crippen molar-refractivity contribution in [1.29, 1.82) is 0 Å². The van der Waals surface area contributed by atoms with Crippen molar-refractivity contribution >= 4 is 33.7 Å². The van der Waals surface area contributed by atoms with Crippen LogP contribution < -0.4 is 4.72 Å². The molecule has 0 radical (unpaired) electrons. The molecule has 1 unspecified atom stereocenters. The Labute approximate surface area is 103 Å². The van der Waals surface area contributed by atoms with E-state index in [1.807, 2.05) is 0 Å². The van der Waals surface area contributed by atoms with Crippen LogP contribution in [0.15, 0.2) is 0 Å². The Kier molecular flexibility index (Phi) is 4.39. The molecule has 9 heteroatoms. The van der Waals surface area contributed by atoms with Crippen LogP contribution in [0.4, 0.5) is 0 Å². The van der Waals surface area contributed by atoms with Gasteiger partial charge >= 0.3 is 11.9 Å². The monoisotopic (exact) mass is 283 g/mol. The first kappa shape index (κ1) is 14.3. The molecule has 1 aliphatic heterocycles. The third-order valence-electron chi connectivity index (χ3n) is 2.32. The second kappa shape index (κ2) is 5.23. The van der Waals surface area contributed by atoms with E-state index in [2.05, 4.69) is 9.46 Å². The van der Waals surface area contributed by atoms with Gasteiger partial charge in [-0.1, -0.05) is 0 Å². The maximum atomic E-state index is 11.6. The molecule has 1 fully saturated rings. The molecule has 2 N–H and O–H groups in total. The van der Waals surface area contributed by atoms with Gasteiger partial charge in [0.15, 0.2) is 5.75 Å². The summed E-state index contributed by atoms with van der Waals surface area (Å²) in [5, 5.41) is 9.06. The zero-order valence-corrected chi connectivity index (χ0v) is 10.8. The van der Waals surface area contributed by atoms with E-state index < -0.39 is 33.3 Å². The van der Waals surface area contributed by atoms with Gasteiger partial charge < -0.3 is 9.84 Å². The lowest BCUT2D eigenvalue weighted by Crippen LogP contribution is -2.55. The summed E-state index contributed by atoms with van der Waals surface area (Å²) in [6.45, 7) is 0. The van der Waals surface area contributed by atoms with Gasteiger partial charge in [-0.3, -0.25) is 9.59 Å². The van der Waals surface area contributed by atoms with Crippen molar-refractivity contribution in [2.24, 2.45) is 0 Å². The summed E-state index contributed by atoms with van der Waals surface area (Å²) >= 11 is 1.35. The SMILES string of the molecule is COC(=O)CS(=O)(=O)NC1(C(=O)O)CCSC1. The summed E-state index contributed by atoms with van der Waals surface area (Å²) < 4.78 is 29.5. The summed E-state index contributed by atoms with van der Waals surface area (Å²) in [4.78, 5) is 22.0. The van der Waals surface area contributed by atoms with E-state index in [-0.39, 0.29) is 12.2 Å². The van der Waals surface area contributed by atoms with E-state index >= 15 is 0 Å². The average Bonchev–Trinajstić information content (AvgIpc) is 2.65. The average molecular weight is 283 g/mol. The van der Waals surface area contributed by atoms with Crippen molar-refractivity contribution in [2.45, 2.75) is 12.0 Å². The standard InChI is InChI=1S/C8H13NO6S2/c1-15-6(10)4-17(13,14)9-8(7(11)12)2-3-16-5-8/h9H,2-5H2,1H3,(H,11,12). The fourth-order valence-electron chi connectivity index (χ4n) is 1.41. The van der Waals surface area contributed by atoms with Gasteiger partial charge in [-0.25, -0.2) is 8.42 Å². The second-order valence-corrected chi connectivity index (χ2v) is 6.45. The maximum Gasteiger partial charge on any atom is 0.325 e. The highest BCUT2D eigenvalue weighted by molar-refractivity contribution is 7.99. The number of methoxy groups -OCH3 is 1. The quantitative estimate of drug-likeness (QED) is 0.625. The number of carbonyl (C=O) groups excluding carboxylic acids is 1. The Bertz CT molecular complexity index is 412. The van der Waals surface area contributed by atoms with Crippen molar-refractivity contribution < 1.29 is 27.9 Å². The Morgan fingerprint density at radius 3 is 2.59 bits per heavy atom. The second-order valence-electron chi connectivity index (χ2n) is 3.63. The van der Waals surface area contributed by atoms with Gasteiger partial charge in [0, 0.05) is 5.75 Å². The normalized spacial score (nSPS) is 24.5. The van der Waals surface area contributed by atoms with E-state index in [1.54, 1.807) is 0 Å². The molecule has 98 valence electrons. The topological polar surface area (TPSA) is 110 Å². The Morgan fingerprint density at radius 2 is 2.18 bits per heavy atom. The van der Waals surface area contributed by atoms with Crippen molar-refractivity contribution in [3.63, 3.8) is 0 Å². The zero-order valence-electron chi connectivity index (χ0n) is 9.13. The number of carboxylic acids is 1. The third kappa shape index (κ3) is 3.58. The molecule has 1 aliphatic rings. The summed E-state index contributed by atoms with van der Waals surface area (Å²) in [6.07, 6.45) is 0.202. The molecule has 1 rings (SSSR count). The zero-order chi connectivity index (χ0) is 13.1. The van der Waals surface area contributed by atoms with Crippen LogP contribution in [0.5, 0.6) is 0 Å². The Balaban J connectivity index is 2.81. The van der Waals surface area contributed by atoms with Crippen LogP contribution in [0.1, 0.15) is 6.42 Å². The molecule has 0 aliphatic carbocycles. The number of aliphatic carboxylic acids is 1. The number of thioether (sulfide) groups is 1. The molecule has 0 aromatic carbocycles. The Morgan fingerprint density at radius 1 is 1.53 bits per heavy atom. The fourth-order valence-corrected chi connectivity index (χ4v) is 4.18. The van der Waals surface area contributed by atoms with Crippen LogP contribution in [-0.2, 0) is 24.3 Å². The fraction of sp³-hybridized carbons (Fsp3) is 0.750. The smallest absolute Gasteiger partial charge is 0.325 e. The molecule has 17 heavy (non-hydrogen) atoms. The van der Waals surface area contributed by atoms with Crippen molar-refractivity contribution in [1.82, 2.24) is 4.72 Å². The summed E-state index contributed by atoms with van der Waals surface area (Å²) in [5.41, 5.74) is -1.50. The van der Waals surface area contributed by atoms with E-state index in [4.69, 9.17) is 5.11 Å². The van der Waals surface area contributed by atoms with Gasteiger partial charge in [-0.05, 0) is 12.2 Å². The van der Waals surface area contributed by atoms with Gasteiger partial charge in [-0.2, -0.15) is 16.5 Å². The minimum Gasteiger partial charge on any atom is -0.480 e. The van der Waals surface area contributed by atoms with Crippen molar-refractivity contribution in [2.75, 3.05) is 24.4 Å². The van der Waals surface area contributed by atoms with Crippen LogP contribution in [0.2, 0.25) is 0 Å². The molecule has 0 bridgehead atoms. The first-order valence-corrected chi connectivity index (χ1v) is 7.52. The predicted octanol–water partition coefficient (Wildman–Crippen LogP) is -0.961. The number of carboxylic acid groups (broad SMARTS) is 1. The van der Waals surface area contributed by atoms with E-state index in [0.29, 0.717) is 5.75 Å². The van der Waals surface area contributed by atoms with Crippen LogP contribution >= 0.6 is 11.8 Å². The van der Waals surface area contributed by atoms with Crippen molar-refractivity contribution in [3.8, 4) is 0 Å². The number of nitrogens with one attached hydrogen (secondary N) is 1. The molecule has 0 saturated carbocycles. The molecular formula is C8H13NO6S2. The predicted molar refractivity (Wildman–Crippen MR) is 61.2 cm³/mol. The highest BCUT2D eigenvalue weighted by atomic mass is 32.2. The molecule has 0 spiro atoms. The number of hydrogen-bond donors (Lipinski definition) is 2. The lowest BCUT2D eigenvalue weighted by atomic mass is 10.0. The minimum atomic E-state index is -4.00. The molecule has 1 heterocycles.